The molecule has 4 rings (SSSR count). The van der Waals surface area contributed by atoms with Gasteiger partial charge in [-0.1, -0.05) is 48.0 Å². The van der Waals surface area contributed by atoms with Crippen LogP contribution < -0.4 is 4.90 Å². The van der Waals surface area contributed by atoms with E-state index in [1.165, 1.54) is 4.90 Å². The van der Waals surface area contributed by atoms with Gasteiger partial charge in [0.15, 0.2) is 9.84 Å². The quantitative estimate of drug-likeness (QED) is 0.731. The van der Waals surface area contributed by atoms with E-state index >= 15 is 0 Å². The fraction of sp³-hybridized carbons (Fsp3) is 0.391. The molecule has 2 aromatic carbocycles. The highest BCUT2D eigenvalue weighted by Gasteiger charge is 2.35. The number of rotatable bonds is 4. The number of aryl methyl sites for hydroxylation is 1. The van der Waals surface area contributed by atoms with Crippen molar-refractivity contribution >= 4 is 27.5 Å². The second-order valence-corrected chi connectivity index (χ2v) is 10.4. The average molecular weight is 442 g/mol. The van der Waals surface area contributed by atoms with Gasteiger partial charge in [-0.3, -0.25) is 9.69 Å². The first kappa shape index (κ1) is 21.4. The number of urea groups is 1. The van der Waals surface area contributed by atoms with Crippen molar-refractivity contribution in [2.24, 2.45) is 0 Å². The summed E-state index contributed by atoms with van der Waals surface area (Å²) in [6, 6.07) is 16.7. The first-order valence-corrected chi connectivity index (χ1v) is 12.2. The molecular weight excluding hydrogens is 414 g/mol. The van der Waals surface area contributed by atoms with Crippen LogP contribution in [0.5, 0.6) is 0 Å². The number of sulfone groups is 1. The summed E-state index contributed by atoms with van der Waals surface area (Å²) in [5.41, 5.74) is 2.70. The van der Waals surface area contributed by atoms with Gasteiger partial charge < -0.3 is 9.80 Å². The largest absolute Gasteiger partial charge is 0.340 e. The third-order valence-corrected chi connectivity index (χ3v) is 8.16. The van der Waals surface area contributed by atoms with Crippen LogP contribution in [0.3, 0.4) is 0 Å². The van der Waals surface area contributed by atoms with Crippen molar-refractivity contribution in [3.8, 4) is 0 Å². The van der Waals surface area contributed by atoms with Crippen LogP contribution in [0, 0.1) is 6.92 Å². The summed E-state index contributed by atoms with van der Waals surface area (Å²) in [6.45, 7) is 3.48. The molecule has 31 heavy (non-hydrogen) atoms. The Balaban J connectivity index is 1.40. The Labute approximate surface area is 183 Å². The molecule has 0 spiro atoms. The molecule has 2 aromatic rings. The molecule has 0 unspecified atom stereocenters. The Morgan fingerprint density at radius 2 is 1.68 bits per heavy atom. The minimum absolute atomic E-state index is 0.0305. The molecule has 2 saturated heterocycles. The number of anilines is 1. The molecule has 2 fully saturated rings. The maximum Gasteiger partial charge on any atom is 0.325 e. The number of benzene rings is 2. The monoisotopic (exact) mass is 441 g/mol. The molecule has 0 saturated carbocycles. The maximum atomic E-state index is 12.9. The van der Waals surface area contributed by atoms with Crippen LogP contribution in [0.25, 0.3) is 0 Å². The van der Waals surface area contributed by atoms with Gasteiger partial charge in [-0.05, 0) is 31.0 Å². The molecule has 3 amide bonds. The third-order valence-electron chi connectivity index (χ3n) is 6.03. The average Bonchev–Trinajstić information content (AvgIpc) is 3.02. The van der Waals surface area contributed by atoms with Crippen LogP contribution in [-0.4, -0.2) is 68.6 Å². The molecule has 0 N–H and O–H groups in total. The van der Waals surface area contributed by atoms with Crippen molar-refractivity contribution < 1.29 is 18.0 Å². The molecule has 1 atom stereocenters. The fourth-order valence-electron chi connectivity index (χ4n) is 4.19. The topological polar surface area (TPSA) is 78.0 Å². The molecule has 2 heterocycles. The number of carbonyl (C=O) groups is 2. The predicted octanol–water partition coefficient (Wildman–Crippen LogP) is 2.63. The first-order valence-electron chi connectivity index (χ1n) is 10.5. The predicted molar refractivity (Wildman–Crippen MR) is 120 cm³/mol. The lowest BCUT2D eigenvalue weighted by Crippen LogP contribution is -2.43. The molecular formula is C23H27N3O4S. The lowest BCUT2D eigenvalue weighted by atomic mass is 10.1. The molecule has 8 heteroatoms. The zero-order valence-electron chi connectivity index (χ0n) is 17.6. The molecule has 0 bridgehead atoms. The van der Waals surface area contributed by atoms with Crippen molar-refractivity contribution in [3.63, 3.8) is 0 Å². The minimum atomic E-state index is -3.35. The molecule has 164 valence electrons. The van der Waals surface area contributed by atoms with Gasteiger partial charge in [-0.2, -0.15) is 0 Å². The summed E-state index contributed by atoms with van der Waals surface area (Å²) in [6.07, 6.45) is 0.363. The third kappa shape index (κ3) is 4.58. The number of hydrogen-bond donors (Lipinski definition) is 0. The summed E-state index contributed by atoms with van der Waals surface area (Å²) < 4.78 is 25.6. The van der Waals surface area contributed by atoms with Gasteiger partial charge in [-0.25, -0.2) is 13.2 Å². The first-order chi connectivity index (χ1) is 14.8. The van der Waals surface area contributed by atoms with E-state index < -0.39 is 15.1 Å². The Kier molecular flexibility index (Phi) is 6.00. The van der Waals surface area contributed by atoms with E-state index in [0.29, 0.717) is 26.1 Å². The molecule has 2 aliphatic rings. The highest BCUT2D eigenvalue weighted by Crippen LogP contribution is 2.29. The lowest BCUT2D eigenvalue weighted by molar-refractivity contribution is -0.131. The number of hydrogen-bond acceptors (Lipinski definition) is 4. The SMILES string of the molecule is Cc1ccc(N2CCN(CC(=O)N3CC[C@H](c4ccccc4)S(=O)(=O)CC3)C2=O)cc1. The highest BCUT2D eigenvalue weighted by molar-refractivity contribution is 7.91. The smallest absolute Gasteiger partial charge is 0.325 e. The number of carbonyl (C=O) groups excluding carboxylic acids is 2. The van der Waals surface area contributed by atoms with E-state index in [1.54, 1.807) is 9.80 Å². The van der Waals surface area contributed by atoms with Crippen LogP contribution in [0.15, 0.2) is 54.6 Å². The maximum absolute atomic E-state index is 12.9. The summed E-state index contributed by atoms with van der Waals surface area (Å²) in [5, 5.41) is -0.600. The van der Waals surface area contributed by atoms with Gasteiger partial charge in [0.05, 0.1) is 11.0 Å². The summed E-state index contributed by atoms with van der Waals surface area (Å²) in [5.74, 6) is -0.273. The van der Waals surface area contributed by atoms with Crippen molar-refractivity contribution in [1.82, 2.24) is 9.80 Å². The number of nitrogens with zero attached hydrogens (tertiary/aromatic N) is 3. The van der Waals surface area contributed by atoms with Crippen LogP contribution in [0.1, 0.15) is 22.8 Å². The normalized spacial score (nSPS) is 21.3. The van der Waals surface area contributed by atoms with Gasteiger partial charge >= 0.3 is 6.03 Å². The van der Waals surface area contributed by atoms with Gasteiger partial charge in [0.25, 0.3) is 0 Å². The van der Waals surface area contributed by atoms with Crippen LogP contribution in [0.4, 0.5) is 10.5 Å². The molecule has 2 aliphatic heterocycles. The van der Waals surface area contributed by atoms with Gasteiger partial charge in [0.1, 0.15) is 6.54 Å². The van der Waals surface area contributed by atoms with Crippen molar-refractivity contribution in [2.75, 3.05) is 43.4 Å². The van der Waals surface area contributed by atoms with E-state index in [0.717, 1.165) is 16.8 Å². The second kappa shape index (κ2) is 8.70. The Morgan fingerprint density at radius 1 is 0.968 bits per heavy atom. The van der Waals surface area contributed by atoms with E-state index in [1.807, 2.05) is 61.5 Å². The minimum Gasteiger partial charge on any atom is -0.340 e. The Morgan fingerprint density at radius 3 is 2.39 bits per heavy atom. The molecule has 0 aromatic heterocycles. The second-order valence-electron chi connectivity index (χ2n) is 8.13. The van der Waals surface area contributed by atoms with E-state index in [4.69, 9.17) is 0 Å². The summed E-state index contributed by atoms with van der Waals surface area (Å²) >= 11 is 0. The van der Waals surface area contributed by atoms with Gasteiger partial charge in [-0.15, -0.1) is 0 Å². The van der Waals surface area contributed by atoms with Crippen molar-refractivity contribution in [1.29, 1.82) is 0 Å². The van der Waals surface area contributed by atoms with Crippen LogP contribution in [0.2, 0.25) is 0 Å². The van der Waals surface area contributed by atoms with Gasteiger partial charge in [0, 0.05) is 31.9 Å². The van der Waals surface area contributed by atoms with Gasteiger partial charge in [0.2, 0.25) is 5.91 Å². The summed E-state index contributed by atoms with van der Waals surface area (Å²) in [7, 11) is -3.35. The molecule has 0 aliphatic carbocycles. The zero-order chi connectivity index (χ0) is 22.0. The van der Waals surface area contributed by atoms with Crippen LogP contribution in [-0.2, 0) is 14.6 Å². The van der Waals surface area contributed by atoms with Crippen molar-refractivity contribution in [3.05, 3.63) is 65.7 Å². The van der Waals surface area contributed by atoms with E-state index in [2.05, 4.69) is 0 Å². The Hall–Kier alpha value is -2.87. The lowest BCUT2D eigenvalue weighted by Gasteiger charge is -2.24. The molecule has 7 nitrogen and oxygen atoms in total. The summed E-state index contributed by atoms with van der Waals surface area (Å²) in [4.78, 5) is 30.5. The highest BCUT2D eigenvalue weighted by atomic mass is 32.2. The standard InChI is InChI=1S/C23H27N3O4S/c1-18-7-9-20(10-8-18)26-14-13-25(23(26)28)17-22(27)24-12-11-21(31(29,30)16-15-24)19-5-3-2-4-6-19/h2-10,21H,11-17H2,1H3/t21-/m1/s1. The van der Waals surface area contributed by atoms with Crippen LogP contribution >= 0.6 is 0 Å². The Bertz CT molecular complexity index is 1050. The van der Waals surface area contributed by atoms with E-state index in [9.17, 15) is 18.0 Å². The van der Waals surface area contributed by atoms with Crippen molar-refractivity contribution in [2.45, 2.75) is 18.6 Å². The zero-order valence-corrected chi connectivity index (χ0v) is 18.4. The van der Waals surface area contributed by atoms with E-state index in [-0.39, 0.29) is 30.8 Å². The molecule has 0 radical (unpaired) electrons. The fourth-order valence-corrected chi connectivity index (χ4v) is 5.99. The number of amides is 3.